The van der Waals surface area contributed by atoms with Crippen LogP contribution in [0.25, 0.3) is 0 Å². The molecule has 0 radical (unpaired) electrons. The van der Waals surface area contributed by atoms with Crippen molar-refractivity contribution in [1.82, 2.24) is 0 Å². The molecular weight excluding hydrogens is 300 g/mol. The van der Waals surface area contributed by atoms with E-state index in [1.165, 1.54) is 37.1 Å². The number of halogens is 1. The molecule has 0 atom stereocenters. The molecule has 1 aromatic rings. The van der Waals surface area contributed by atoms with Gasteiger partial charge in [0.2, 0.25) is 0 Å². The van der Waals surface area contributed by atoms with Crippen LogP contribution in [0.3, 0.4) is 0 Å². The largest absolute Gasteiger partial charge is 0.383 e. The van der Waals surface area contributed by atoms with Gasteiger partial charge >= 0.3 is 0 Å². The molecule has 1 aliphatic rings. The number of rotatable bonds is 4. The predicted octanol–water partition coefficient (Wildman–Crippen LogP) is 4.75. The molecule has 0 aromatic heterocycles. The predicted molar refractivity (Wildman–Crippen MR) is 88.1 cm³/mol. The highest BCUT2D eigenvalue weighted by Crippen LogP contribution is 2.31. The lowest BCUT2D eigenvalue weighted by molar-refractivity contribution is 0.300. The Kier molecular flexibility index (Phi) is 5.14. The molecule has 3 heteroatoms. The molecule has 1 fully saturated rings. The average Bonchev–Trinajstić information content (AvgIpc) is 2.38. The fourth-order valence-corrected chi connectivity index (χ4v) is 3.19. The highest BCUT2D eigenvalue weighted by Gasteiger charge is 2.18. The third-order valence-electron chi connectivity index (χ3n) is 4.16. The fourth-order valence-electron chi connectivity index (χ4n) is 2.83. The summed E-state index contributed by atoms with van der Waals surface area (Å²) in [6.07, 6.45) is 5.54. The number of hydrogen-bond acceptors (Lipinski definition) is 2. The highest BCUT2D eigenvalue weighted by molar-refractivity contribution is 9.10. The van der Waals surface area contributed by atoms with Gasteiger partial charge in [0.1, 0.15) is 0 Å². The SMILES string of the molecule is CC1CCC(CNc2cc(Br)ccc2N(C)C)CC1. The van der Waals surface area contributed by atoms with Crippen LogP contribution < -0.4 is 10.2 Å². The smallest absolute Gasteiger partial charge is 0.0597 e. The van der Waals surface area contributed by atoms with Crippen molar-refractivity contribution >= 4 is 27.3 Å². The molecule has 1 aromatic carbocycles. The first kappa shape index (κ1) is 14.7. The molecule has 0 spiro atoms. The van der Waals surface area contributed by atoms with Crippen LogP contribution in [0.4, 0.5) is 11.4 Å². The first-order valence-corrected chi connectivity index (χ1v) is 8.06. The Balaban J connectivity index is 1.97. The minimum Gasteiger partial charge on any atom is -0.383 e. The van der Waals surface area contributed by atoms with E-state index >= 15 is 0 Å². The van der Waals surface area contributed by atoms with Crippen molar-refractivity contribution < 1.29 is 0 Å². The van der Waals surface area contributed by atoms with E-state index in [-0.39, 0.29) is 0 Å². The first-order valence-electron chi connectivity index (χ1n) is 7.27. The van der Waals surface area contributed by atoms with Crippen molar-refractivity contribution in [1.29, 1.82) is 0 Å². The summed E-state index contributed by atoms with van der Waals surface area (Å²) in [6, 6.07) is 6.44. The molecule has 2 rings (SSSR count). The second-order valence-corrected chi connectivity index (χ2v) is 6.98. The maximum atomic E-state index is 3.65. The second-order valence-electron chi connectivity index (χ2n) is 6.06. The van der Waals surface area contributed by atoms with E-state index in [0.717, 1.165) is 22.9 Å². The van der Waals surface area contributed by atoms with Crippen molar-refractivity contribution in [3.63, 3.8) is 0 Å². The van der Waals surface area contributed by atoms with Crippen LogP contribution in [0.1, 0.15) is 32.6 Å². The zero-order chi connectivity index (χ0) is 13.8. The number of anilines is 2. The lowest BCUT2D eigenvalue weighted by Crippen LogP contribution is -2.21. The van der Waals surface area contributed by atoms with E-state index in [1.807, 2.05) is 0 Å². The van der Waals surface area contributed by atoms with Crippen molar-refractivity contribution in [2.24, 2.45) is 11.8 Å². The van der Waals surface area contributed by atoms with Crippen LogP contribution in [0, 0.1) is 11.8 Å². The molecule has 2 nitrogen and oxygen atoms in total. The van der Waals surface area contributed by atoms with Crippen LogP contribution in [-0.2, 0) is 0 Å². The molecule has 0 heterocycles. The van der Waals surface area contributed by atoms with E-state index in [1.54, 1.807) is 0 Å². The number of nitrogens with zero attached hydrogens (tertiary/aromatic N) is 1. The number of nitrogens with one attached hydrogen (secondary N) is 1. The summed E-state index contributed by atoms with van der Waals surface area (Å²) in [7, 11) is 4.19. The zero-order valence-electron chi connectivity index (χ0n) is 12.2. The third kappa shape index (κ3) is 4.13. The molecule has 0 bridgehead atoms. The Morgan fingerprint density at radius 2 is 1.89 bits per heavy atom. The van der Waals surface area contributed by atoms with Crippen LogP contribution in [0.15, 0.2) is 22.7 Å². The lowest BCUT2D eigenvalue weighted by Gasteiger charge is -2.27. The van der Waals surface area contributed by atoms with Gasteiger partial charge in [0.05, 0.1) is 11.4 Å². The Morgan fingerprint density at radius 1 is 1.21 bits per heavy atom. The van der Waals surface area contributed by atoms with E-state index in [0.29, 0.717) is 0 Å². The maximum absolute atomic E-state index is 3.65. The quantitative estimate of drug-likeness (QED) is 0.859. The summed E-state index contributed by atoms with van der Waals surface area (Å²) in [5, 5.41) is 3.65. The molecule has 19 heavy (non-hydrogen) atoms. The normalized spacial score (nSPS) is 23.2. The molecule has 0 saturated heterocycles. The third-order valence-corrected chi connectivity index (χ3v) is 4.65. The summed E-state index contributed by atoms with van der Waals surface area (Å²) in [6.45, 7) is 3.48. The molecule has 0 unspecified atom stereocenters. The Bertz CT molecular complexity index is 409. The molecule has 0 aliphatic heterocycles. The number of benzene rings is 1. The molecule has 106 valence electrons. The summed E-state index contributed by atoms with van der Waals surface area (Å²) in [4.78, 5) is 2.16. The average molecular weight is 325 g/mol. The van der Waals surface area contributed by atoms with E-state index < -0.39 is 0 Å². The van der Waals surface area contributed by atoms with Crippen molar-refractivity contribution in [3.8, 4) is 0 Å². The van der Waals surface area contributed by atoms with Crippen LogP contribution in [0.2, 0.25) is 0 Å². The molecule has 1 N–H and O–H groups in total. The second kappa shape index (κ2) is 6.65. The summed E-state index contributed by atoms with van der Waals surface area (Å²) in [5.74, 6) is 1.77. The van der Waals surface area contributed by atoms with Gasteiger partial charge in [0.25, 0.3) is 0 Å². The van der Waals surface area contributed by atoms with Gasteiger partial charge in [-0.3, -0.25) is 0 Å². The number of hydrogen-bond donors (Lipinski definition) is 1. The fraction of sp³-hybridized carbons (Fsp3) is 0.625. The lowest BCUT2D eigenvalue weighted by atomic mass is 9.83. The Labute approximate surface area is 125 Å². The molecule has 0 amide bonds. The van der Waals surface area contributed by atoms with Gasteiger partial charge in [-0.05, 0) is 42.9 Å². The topological polar surface area (TPSA) is 15.3 Å². The van der Waals surface area contributed by atoms with Gasteiger partial charge < -0.3 is 10.2 Å². The first-order chi connectivity index (χ1) is 9.06. The van der Waals surface area contributed by atoms with Crippen molar-refractivity contribution in [3.05, 3.63) is 22.7 Å². The van der Waals surface area contributed by atoms with Gasteiger partial charge in [0, 0.05) is 25.1 Å². The van der Waals surface area contributed by atoms with Gasteiger partial charge in [-0.25, -0.2) is 0 Å². The van der Waals surface area contributed by atoms with Crippen LogP contribution >= 0.6 is 15.9 Å². The molecule has 1 aliphatic carbocycles. The van der Waals surface area contributed by atoms with Gasteiger partial charge in [-0.1, -0.05) is 35.7 Å². The monoisotopic (exact) mass is 324 g/mol. The van der Waals surface area contributed by atoms with Crippen LogP contribution in [-0.4, -0.2) is 20.6 Å². The van der Waals surface area contributed by atoms with Crippen molar-refractivity contribution in [2.75, 3.05) is 30.9 Å². The van der Waals surface area contributed by atoms with Gasteiger partial charge in [-0.15, -0.1) is 0 Å². The Morgan fingerprint density at radius 3 is 2.53 bits per heavy atom. The minimum absolute atomic E-state index is 0.838. The van der Waals surface area contributed by atoms with Crippen LogP contribution in [0.5, 0.6) is 0 Å². The standard InChI is InChI=1S/C16H25BrN2/c1-12-4-6-13(7-5-12)11-18-15-10-14(17)8-9-16(15)19(2)3/h8-10,12-13,18H,4-7,11H2,1-3H3. The van der Waals surface area contributed by atoms with Crippen molar-refractivity contribution in [2.45, 2.75) is 32.6 Å². The maximum Gasteiger partial charge on any atom is 0.0597 e. The molecular formula is C16H25BrN2. The highest BCUT2D eigenvalue weighted by atomic mass is 79.9. The molecule has 1 saturated carbocycles. The van der Waals surface area contributed by atoms with E-state index in [4.69, 9.17) is 0 Å². The van der Waals surface area contributed by atoms with E-state index in [2.05, 4.69) is 65.4 Å². The van der Waals surface area contributed by atoms with Gasteiger partial charge in [-0.2, -0.15) is 0 Å². The minimum atomic E-state index is 0.838. The summed E-state index contributed by atoms with van der Waals surface area (Å²) < 4.78 is 1.14. The zero-order valence-corrected chi connectivity index (χ0v) is 13.8. The summed E-state index contributed by atoms with van der Waals surface area (Å²) in [5.41, 5.74) is 2.49. The Hall–Kier alpha value is -0.700. The van der Waals surface area contributed by atoms with E-state index in [9.17, 15) is 0 Å². The van der Waals surface area contributed by atoms with Gasteiger partial charge in [0.15, 0.2) is 0 Å². The summed E-state index contributed by atoms with van der Waals surface area (Å²) >= 11 is 3.56.